The summed E-state index contributed by atoms with van der Waals surface area (Å²) in [7, 11) is 0. The van der Waals surface area contributed by atoms with Gasteiger partial charge in [0.05, 0.1) is 0 Å². The van der Waals surface area contributed by atoms with Crippen molar-refractivity contribution in [3.05, 3.63) is 30.0 Å². The van der Waals surface area contributed by atoms with Crippen LogP contribution in [0.3, 0.4) is 0 Å². The van der Waals surface area contributed by atoms with Crippen LogP contribution in [0.2, 0.25) is 0 Å². The number of fused-ring (bicyclic) bond motifs is 1. The third-order valence-electron chi connectivity index (χ3n) is 3.43. The number of aliphatic hydroxyl groups is 1. The fourth-order valence-electron chi connectivity index (χ4n) is 2.51. The Labute approximate surface area is 101 Å². The number of hydrogen-bond acceptors (Lipinski definition) is 3. The van der Waals surface area contributed by atoms with Gasteiger partial charge in [-0.1, -0.05) is 0 Å². The third-order valence-corrected chi connectivity index (χ3v) is 3.43. The summed E-state index contributed by atoms with van der Waals surface area (Å²) in [4.78, 5) is 2.43. The molecule has 1 aromatic carbocycles. The van der Waals surface area contributed by atoms with Crippen molar-refractivity contribution in [3.8, 4) is 0 Å². The smallest absolute Gasteiger partial charge is 0.134 e. The van der Waals surface area contributed by atoms with Gasteiger partial charge in [0.15, 0.2) is 0 Å². The van der Waals surface area contributed by atoms with Crippen LogP contribution in [0.15, 0.2) is 28.7 Å². The Balaban J connectivity index is 1.94. The van der Waals surface area contributed by atoms with Crippen LogP contribution in [0.4, 0.5) is 5.69 Å². The van der Waals surface area contributed by atoms with Crippen molar-refractivity contribution < 1.29 is 9.52 Å². The SMILES string of the molecule is OCc1cc2cc(N3CCCCC3)ccc2o1. The topological polar surface area (TPSA) is 36.6 Å². The minimum atomic E-state index is -0.0340. The number of anilines is 1. The van der Waals surface area contributed by atoms with Crippen molar-refractivity contribution in [1.82, 2.24) is 0 Å². The lowest BCUT2D eigenvalue weighted by atomic mass is 10.1. The highest BCUT2D eigenvalue weighted by Crippen LogP contribution is 2.27. The van der Waals surface area contributed by atoms with E-state index in [1.807, 2.05) is 12.1 Å². The van der Waals surface area contributed by atoms with Crippen LogP contribution in [-0.2, 0) is 6.61 Å². The molecular formula is C14H17NO2. The van der Waals surface area contributed by atoms with Gasteiger partial charge in [-0.3, -0.25) is 0 Å². The highest BCUT2D eigenvalue weighted by atomic mass is 16.4. The van der Waals surface area contributed by atoms with Crippen molar-refractivity contribution >= 4 is 16.7 Å². The maximum absolute atomic E-state index is 9.05. The number of benzene rings is 1. The zero-order valence-corrected chi connectivity index (χ0v) is 9.85. The number of hydrogen-bond donors (Lipinski definition) is 1. The quantitative estimate of drug-likeness (QED) is 0.863. The highest BCUT2D eigenvalue weighted by molar-refractivity contribution is 5.82. The largest absolute Gasteiger partial charge is 0.459 e. The number of aliphatic hydroxyl groups excluding tert-OH is 1. The van der Waals surface area contributed by atoms with Crippen LogP contribution in [0.1, 0.15) is 25.0 Å². The Morgan fingerprint density at radius 2 is 1.94 bits per heavy atom. The summed E-state index contributed by atoms with van der Waals surface area (Å²) in [6.07, 6.45) is 3.91. The Morgan fingerprint density at radius 3 is 2.71 bits per heavy atom. The van der Waals surface area contributed by atoms with Crippen molar-refractivity contribution in [3.63, 3.8) is 0 Å². The first kappa shape index (κ1) is 10.7. The van der Waals surface area contributed by atoms with E-state index >= 15 is 0 Å². The van der Waals surface area contributed by atoms with E-state index < -0.39 is 0 Å². The van der Waals surface area contributed by atoms with Crippen LogP contribution in [0.25, 0.3) is 11.0 Å². The average Bonchev–Trinajstić information content (AvgIpc) is 2.81. The van der Waals surface area contributed by atoms with E-state index in [0.717, 1.165) is 24.1 Å². The third kappa shape index (κ3) is 2.03. The van der Waals surface area contributed by atoms with Crippen LogP contribution in [0, 0.1) is 0 Å². The maximum atomic E-state index is 9.05. The van der Waals surface area contributed by atoms with E-state index in [-0.39, 0.29) is 6.61 Å². The zero-order valence-electron chi connectivity index (χ0n) is 9.85. The number of rotatable bonds is 2. The van der Waals surface area contributed by atoms with Gasteiger partial charge in [-0.05, 0) is 43.5 Å². The van der Waals surface area contributed by atoms with Gasteiger partial charge < -0.3 is 14.4 Å². The van der Waals surface area contributed by atoms with Gasteiger partial charge in [-0.2, -0.15) is 0 Å². The standard InChI is InChI=1S/C14H17NO2/c16-10-13-9-11-8-12(4-5-14(11)17-13)15-6-2-1-3-7-15/h4-5,8-9,16H,1-3,6-7,10H2. The number of nitrogens with zero attached hydrogens (tertiary/aromatic N) is 1. The monoisotopic (exact) mass is 231 g/mol. The van der Waals surface area contributed by atoms with E-state index in [0.29, 0.717) is 5.76 Å². The number of piperidine rings is 1. The summed E-state index contributed by atoms with van der Waals surface area (Å²) in [5, 5.41) is 10.1. The van der Waals surface area contributed by atoms with Crippen molar-refractivity contribution in [2.24, 2.45) is 0 Å². The molecule has 0 amide bonds. The molecule has 2 heterocycles. The Hall–Kier alpha value is -1.48. The average molecular weight is 231 g/mol. The molecule has 3 nitrogen and oxygen atoms in total. The first-order valence-electron chi connectivity index (χ1n) is 6.25. The first-order chi connectivity index (χ1) is 8.36. The molecule has 1 saturated heterocycles. The first-order valence-corrected chi connectivity index (χ1v) is 6.25. The molecule has 1 fully saturated rings. The second-order valence-electron chi connectivity index (χ2n) is 4.64. The molecule has 2 aromatic rings. The second kappa shape index (κ2) is 4.41. The summed E-state index contributed by atoms with van der Waals surface area (Å²) in [6, 6.07) is 8.18. The molecule has 3 rings (SSSR count). The summed E-state index contributed by atoms with van der Waals surface area (Å²) in [5.74, 6) is 0.635. The van der Waals surface area contributed by atoms with Crippen LogP contribution < -0.4 is 4.90 Å². The van der Waals surface area contributed by atoms with Gasteiger partial charge >= 0.3 is 0 Å². The lowest BCUT2D eigenvalue weighted by molar-refractivity contribution is 0.251. The van der Waals surface area contributed by atoms with Crippen LogP contribution in [-0.4, -0.2) is 18.2 Å². The van der Waals surface area contributed by atoms with E-state index in [1.54, 1.807) is 0 Å². The molecule has 1 N–H and O–H groups in total. The van der Waals surface area contributed by atoms with Gasteiger partial charge in [0, 0.05) is 24.2 Å². The van der Waals surface area contributed by atoms with E-state index in [2.05, 4.69) is 17.0 Å². The van der Waals surface area contributed by atoms with Gasteiger partial charge in [0.25, 0.3) is 0 Å². The minimum Gasteiger partial charge on any atom is -0.459 e. The number of furan rings is 1. The summed E-state index contributed by atoms with van der Waals surface area (Å²) >= 11 is 0. The molecule has 0 radical (unpaired) electrons. The molecule has 17 heavy (non-hydrogen) atoms. The summed E-state index contributed by atoms with van der Waals surface area (Å²) in [6.45, 7) is 2.26. The molecule has 0 unspecified atom stereocenters. The molecule has 0 atom stereocenters. The van der Waals surface area contributed by atoms with Crippen molar-refractivity contribution in [2.45, 2.75) is 25.9 Å². The van der Waals surface area contributed by atoms with Crippen molar-refractivity contribution in [1.29, 1.82) is 0 Å². The molecule has 1 aromatic heterocycles. The molecule has 1 aliphatic rings. The predicted molar refractivity (Wildman–Crippen MR) is 68.2 cm³/mol. The summed E-state index contributed by atoms with van der Waals surface area (Å²) < 4.78 is 5.49. The van der Waals surface area contributed by atoms with Crippen LogP contribution in [0.5, 0.6) is 0 Å². The molecular weight excluding hydrogens is 214 g/mol. The van der Waals surface area contributed by atoms with E-state index in [9.17, 15) is 0 Å². The van der Waals surface area contributed by atoms with E-state index in [4.69, 9.17) is 9.52 Å². The van der Waals surface area contributed by atoms with Gasteiger partial charge in [-0.15, -0.1) is 0 Å². The lowest BCUT2D eigenvalue weighted by Crippen LogP contribution is -2.29. The van der Waals surface area contributed by atoms with Gasteiger partial charge in [0.2, 0.25) is 0 Å². The predicted octanol–water partition coefficient (Wildman–Crippen LogP) is 2.92. The van der Waals surface area contributed by atoms with Crippen LogP contribution >= 0.6 is 0 Å². The van der Waals surface area contributed by atoms with E-state index in [1.165, 1.54) is 24.9 Å². The van der Waals surface area contributed by atoms with Gasteiger partial charge in [-0.25, -0.2) is 0 Å². The maximum Gasteiger partial charge on any atom is 0.134 e. The fourth-order valence-corrected chi connectivity index (χ4v) is 2.51. The normalized spacial score (nSPS) is 16.6. The highest BCUT2D eigenvalue weighted by Gasteiger charge is 2.12. The molecule has 90 valence electrons. The molecule has 1 aliphatic heterocycles. The summed E-state index contributed by atoms with van der Waals surface area (Å²) in [5.41, 5.74) is 2.12. The molecule has 3 heteroatoms. The minimum absolute atomic E-state index is 0.0340. The Morgan fingerprint density at radius 1 is 1.12 bits per heavy atom. The molecule has 0 bridgehead atoms. The Bertz CT molecular complexity index is 512. The zero-order chi connectivity index (χ0) is 11.7. The fraction of sp³-hybridized carbons (Fsp3) is 0.429. The van der Waals surface area contributed by atoms with Gasteiger partial charge in [0.1, 0.15) is 18.0 Å². The molecule has 0 saturated carbocycles. The van der Waals surface area contributed by atoms with Crippen molar-refractivity contribution in [2.75, 3.05) is 18.0 Å². The molecule has 0 aliphatic carbocycles. The molecule has 0 spiro atoms. The Kier molecular flexibility index (Phi) is 2.77. The second-order valence-corrected chi connectivity index (χ2v) is 4.64. The lowest BCUT2D eigenvalue weighted by Gasteiger charge is -2.28.